The molecule has 0 bridgehead atoms. The quantitative estimate of drug-likeness (QED) is 0.852. The van der Waals surface area contributed by atoms with E-state index in [-0.39, 0.29) is 6.15 Å². The van der Waals surface area contributed by atoms with E-state index in [2.05, 4.69) is 0 Å². The van der Waals surface area contributed by atoms with Crippen LogP contribution in [0, 0.1) is 0 Å². The molecular formula is C13H14ClNO2. The molecule has 0 heterocycles. The number of halogens is 1. The fourth-order valence-electron chi connectivity index (χ4n) is 1.65. The van der Waals surface area contributed by atoms with Crippen LogP contribution in [0.4, 0.5) is 0 Å². The molecule has 2 aromatic carbocycles. The smallest absolute Gasteiger partial charge is 0.310 e. The highest BCUT2D eigenvalue weighted by atomic mass is 35.5. The van der Waals surface area contributed by atoms with Crippen LogP contribution in [-0.2, 0) is 4.79 Å². The number of carboxylic acids is 1. The van der Waals surface area contributed by atoms with Gasteiger partial charge < -0.3 is 11.3 Å². The molecule has 90 valence electrons. The number of hydrogen-bond donors (Lipinski definition) is 2. The van der Waals surface area contributed by atoms with E-state index in [1.54, 1.807) is 13.0 Å². The Balaban J connectivity index is 0.00000144. The zero-order valence-corrected chi connectivity index (χ0v) is 10.2. The molecular weight excluding hydrogens is 238 g/mol. The molecule has 2 aromatic rings. The summed E-state index contributed by atoms with van der Waals surface area (Å²) in [6.07, 6.45) is 0. The van der Waals surface area contributed by atoms with E-state index in [1.807, 2.05) is 30.3 Å². The largest absolute Gasteiger partial charge is 0.481 e. The lowest BCUT2D eigenvalue weighted by atomic mass is 9.98. The van der Waals surface area contributed by atoms with E-state index in [0.29, 0.717) is 5.02 Å². The van der Waals surface area contributed by atoms with Gasteiger partial charge in [-0.1, -0.05) is 35.9 Å². The second-order valence-corrected chi connectivity index (χ2v) is 4.25. The molecule has 0 aliphatic rings. The van der Waals surface area contributed by atoms with Crippen LogP contribution in [0.3, 0.4) is 0 Å². The Morgan fingerprint density at radius 3 is 2.41 bits per heavy atom. The lowest BCUT2D eigenvalue weighted by molar-refractivity contribution is -0.138. The van der Waals surface area contributed by atoms with Gasteiger partial charge in [0, 0.05) is 5.02 Å². The van der Waals surface area contributed by atoms with Gasteiger partial charge in [0.05, 0.1) is 5.92 Å². The number of rotatable bonds is 2. The summed E-state index contributed by atoms with van der Waals surface area (Å²) >= 11 is 5.88. The molecule has 0 aliphatic heterocycles. The van der Waals surface area contributed by atoms with Gasteiger partial charge >= 0.3 is 5.97 Å². The maximum absolute atomic E-state index is 10.9. The Morgan fingerprint density at radius 2 is 1.76 bits per heavy atom. The van der Waals surface area contributed by atoms with Gasteiger partial charge in [-0.2, -0.15) is 0 Å². The van der Waals surface area contributed by atoms with E-state index in [9.17, 15) is 4.79 Å². The zero-order valence-electron chi connectivity index (χ0n) is 9.48. The maximum atomic E-state index is 10.9. The van der Waals surface area contributed by atoms with Crippen molar-refractivity contribution in [3.63, 3.8) is 0 Å². The highest BCUT2D eigenvalue weighted by Crippen LogP contribution is 2.24. The van der Waals surface area contributed by atoms with Gasteiger partial charge in [-0.25, -0.2) is 0 Å². The third-order valence-corrected chi connectivity index (χ3v) is 2.93. The van der Waals surface area contributed by atoms with Gasteiger partial charge in [-0.05, 0) is 35.4 Å². The van der Waals surface area contributed by atoms with Gasteiger partial charge in [-0.15, -0.1) is 0 Å². The van der Waals surface area contributed by atoms with Crippen molar-refractivity contribution in [1.82, 2.24) is 6.15 Å². The molecule has 3 nitrogen and oxygen atoms in total. The Labute approximate surface area is 105 Å². The van der Waals surface area contributed by atoms with E-state index in [4.69, 9.17) is 16.7 Å². The third kappa shape index (κ3) is 2.75. The Hall–Kier alpha value is -1.58. The topological polar surface area (TPSA) is 72.3 Å². The zero-order chi connectivity index (χ0) is 11.7. The average Bonchev–Trinajstić information content (AvgIpc) is 2.27. The van der Waals surface area contributed by atoms with Crippen LogP contribution in [-0.4, -0.2) is 11.1 Å². The van der Waals surface area contributed by atoms with Crippen LogP contribution in [0.2, 0.25) is 5.02 Å². The summed E-state index contributed by atoms with van der Waals surface area (Å²) in [5.41, 5.74) is 0.808. The molecule has 4 heteroatoms. The molecule has 2 rings (SSSR count). The first-order chi connectivity index (χ1) is 7.58. The molecule has 0 fully saturated rings. The summed E-state index contributed by atoms with van der Waals surface area (Å²) in [5.74, 6) is -1.30. The summed E-state index contributed by atoms with van der Waals surface area (Å²) in [4.78, 5) is 10.9. The number of aliphatic carboxylic acids is 1. The van der Waals surface area contributed by atoms with Crippen molar-refractivity contribution in [2.45, 2.75) is 12.8 Å². The molecule has 17 heavy (non-hydrogen) atoms. The van der Waals surface area contributed by atoms with Gasteiger partial charge in [0.25, 0.3) is 0 Å². The van der Waals surface area contributed by atoms with E-state index in [1.165, 1.54) is 0 Å². The second-order valence-electron chi connectivity index (χ2n) is 3.81. The summed E-state index contributed by atoms with van der Waals surface area (Å²) in [6.45, 7) is 1.68. The lowest BCUT2D eigenvalue weighted by Crippen LogP contribution is -2.06. The minimum Gasteiger partial charge on any atom is -0.481 e. The van der Waals surface area contributed by atoms with Crippen LogP contribution in [0.1, 0.15) is 18.4 Å². The van der Waals surface area contributed by atoms with Crippen molar-refractivity contribution in [3.05, 3.63) is 47.0 Å². The third-order valence-electron chi connectivity index (χ3n) is 2.70. The fourth-order valence-corrected chi connectivity index (χ4v) is 1.83. The van der Waals surface area contributed by atoms with E-state index >= 15 is 0 Å². The monoisotopic (exact) mass is 251 g/mol. The first-order valence-electron chi connectivity index (χ1n) is 5.00. The summed E-state index contributed by atoms with van der Waals surface area (Å²) in [5, 5.41) is 11.6. The van der Waals surface area contributed by atoms with E-state index < -0.39 is 11.9 Å². The summed E-state index contributed by atoms with van der Waals surface area (Å²) < 4.78 is 0. The van der Waals surface area contributed by atoms with Crippen molar-refractivity contribution in [2.75, 3.05) is 0 Å². The lowest BCUT2D eigenvalue weighted by Gasteiger charge is -2.08. The summed E-state index contributed by atoms with van der Waals surface area (Å²) in [7, 11) is 0. The van der Waals surface area contributed by atoms with Gasteiger partial charge in [-0.3, -0.25) is 4.79 Å². The normalized spacial score (nSPS) is 11.9. The second kappa shape index (κ2) is 5.17. The van der Waals surface area contributed by atoms with Crippen LogP contribution in [0.15, 0.2) is 36.4 Å². The molecule has 0 saturated heterocycles. The number of fused-ring (bicyclic) bond motifs is 1. The molecule has 0 aromatic heterocycles. The van der Waals surface area contributed by atoms with Crippen LogP contribution >= 0.6 is 11.6 Å². The van der Waals surface area contributed by atoms with Crippen LogP contribution < -0.4 is 6.15 Å². The van der Waals surface area contributed by atoms with Crippen molar-refractivity contribution in [1.29, 1.82) is 0 Å². The Bertz CT molecular complexity index is 554. The molecule has 0 radical (unpaired) electrons. The summed E-state index contributed by atoms with van der Waals surface area (Å²) in [6, 6.07) is 11.2. The highest BCUT2D eigenvalue weighted by molar-refractivity contribution is 6.31. The Morgan fingerprint density at radius 1 is 1.18 bits per heavy atom. The van der Waals surface area contributed by atoms with Gasteiger partial charge in [0.15, 0.2) is 0 Å². The standard InChI is InChI=1S/C13H11ClO2.H3N/c1-8(13(15)16)9-2-3-11-7-12(14)5-4-10(11)6-9;/h2-8H,1H3,(H,15,16);1H3. The highest BCUT2D eigenvalue weighted by Gasteiger charge is 2.13. The van der Waals surface area contributed by atoms with E-state index in [0.717, 1.165) is 16.3 Å². The molecule has 1 atom stereocenters. The molecule has 0 amide bonds. The van der Waals surface area contributed by atoms with Gasteiger partial charge in [0.1, 0.15) is 0 Å². The van der Waals surface area contributed by atoms with Crippen LogP contribution in [0.25, 0.3) is 10.8 Å². The predicted octanol–water partition coefficient (Wildman–Crippen LogP) is 3.84. The molecule has 0 saturated carbocycles. The minimum absolute atomic E-state index is 0. The first kappa shape index (κ1) is 13.5. The average molecular weight is 252 g/mol. The maximum Gasteiger partial charge on any atom is 0.310 e. The van der Waals surface area contributed by atoms with Crippen molar-refractivity contribution >= 4 is 28.3 Å². The minimum atomic E-state index is -0.812. The number of hydrogen-bond acceptors (Lipinski definition) is 2. The van der Waals surface area contributed by atoms with Gasteiger partial charge in [0.2, 0.25) is 0 Å². The van der Waals surface area contributed by atoms with Crippen molar-refractivity contribution in [2.24, 2.45) is 0 Å². The molecule has 0 spiro atoms. The molecule has 0 aliphatic carbocycles. The number of carboxylic acid groups (broad SMARTS) is 1. The molecule has 4 N–H and O–H groups in total. The SMILES string of the molecule is CC(C(=O)O)c1ccc2cc(Cl)ccc2c1.N. The van der Waals surface area contributed by atoms with Crippen molar-refractivity contribution in [3.8, 4) is 0 Å². The first-order valence-corrected chi connectivity index (χ1v) is 5.38. The van der Waals surface area contributed by atoms with Crippen molar-refractivity contribution < 1.29 is 9.90 Å². The predicted molar refractivity (Wildman–Crippen MR) is 70.0 cm³/mol. The molecule has 1 unspecified atom stereocenters. The fraction of sp³-hybridized carbons (Fsp3) is 0.154. The number of carbonyl (C=O) groups is 1. The van der Waals surface area contributed by atoms with Crippen LogP contribution in [0.5, 0.6) is 0 Å². The number of benzene rings is 2. The Kier molecular flexibility index (Phi) is 4.10.